The van der Waals surface area contributed by atoms with Gasteiger partial charge < -0.3 is 4.90 Å². The average Bonchev–Trinajstić information content (AvgIpc) is 2.84. The van der Waals surface area contributed by atoms with Gasteiger partial charge in [-0.2, -0.15) is 0 Å². The van der Waals surface area contributed by atoms with E-state index in [1.54, 1.807) is 4.90 Å². The number of aromatic nitrogens is 2. The molecule has 4 nitrogen and oxygen atoms in total. The third kappa shape index (κ3) is 2.29. The van der Waals surface area contributed by atoms with Gasteiger partial charge in [0.05, 0.1) is 5.56 Å². The number of hydrogen-bond donors (Lipinski definition) is 0. The van der Waals surface area contributed by atoms with Gasteiger partial charge in [0, 0.05) is 13.1 Å². The first-order valence-corrected chi connectivity index (χ1v) is 6.45. The normalized spacial score (nSPS) is 13.5. The van der Waals surface area contributed by atoms with Crippen molar-refractivity contribution in [2.24, 2.45) is 0 Å². The molecule has 0 atom stereocenters. The molecule has 19 heavy (non-hydrogen) atoms. The number of benzene rings is 1. The minimum Gasteiger partial charge on any atom is -0.330 e. The van der Waals surface area contributed by atoms with E-state index in [4.69, 9.17) is 23.2 Å². The molecule has 0 N–H and O–H groups in total. The molecule has 0 radical (unpaired) electrons. The topological polar surface area (TPSA) is 46.1 Å². The SMILES string of the molecule is O=C(c1cc(Cl)nnc1Cl)N1Cc2ccccc2C1. The molecule has 6 heteroatoms. The molecule has 1 aliphatic heterocycles. The molecule has 3 rings (SSSR count). The largest absolute Gasteiger partial charge is 0.330 e. The van der Waals surface area contributed by atoms with E-state index < -0.39 is 0 Å². The number of amides is 1. The Morgan fingerprint density at radius 3 is 2.37 bits per heavy atom. The molecule has 0 bridgehead atoms. The molecule has 1 amide bonds. The van der Waals surface area contributed by atoms with Crippen molar-refractivity contribution in [3.63, 3.8) is 0 Å². The van der Waals surface area contributed by atoms with Gasteiger partial charge in [0.15, 0.2) is 10.3 Å². The predicted octanol–water partition coefficient (Wildman–Crippen LogP) is 2.94. The van der Waals surface area contributed by atoms with E-state index in [0.717, 1.165) is 11.1 Å². The molecule has 0 unspecified atom stereocenters. The summed E-state index contributed by atoms with van der Waals surface area (Å²) < 4.78 is 0. The second-order valence-corrected chi connectivity index (χ2v) is 5.05. The third-order valence-corrected chi connectivity index (χ3v) is 3.54. The van der Waals surface area contributed by atoms with Crippen LogP contribution in [0.4, 0.5) is 0 Å². The van der Waals surface area contributed by atoms with Gasteiger partial charge in [-0.1, -0.05) is 47.5 Å². The lowest BCUT2D eigenvalue weighted by molar-refractivity contribution is 0.0751. The second kappa shape index (κ2) is 4.79. The molecule has 1 aromatic carbocycles. The molecule has 0 spiro atoms. The van der Waals surface area contributed by atoms with Crippen molar-refractivity contribution in [3.8, 4) is 0 Å². The average molecular weight is 294 g/mol. The summed E-state index contributed by atoms with van der Waals surface area (Å²) in [5.74, 6) is -0.182. The van der Waals surface area contributed by atoms with Gasteiger partial charge in [-0.05, 0) is 17.2 Å². The summed E-state index contributed by atoms with van der Waals surface area (Å²) in [6, 6.07) is 9.40. The van der Waals surface area contributed by atoms with Crippen LogP contribution in [0.3, 0.4) is 0 Å². The highest BCUT2D eigenvalue weighted by atomic mass is 35.5. The van der Waals surface area contributed by atoms with Crippen molar-refractivity contribution in [1.82, 2.24) is 15.1 Å². The Labute approximate surface area is 120 Å². The van der Waals surface area contributed by atoms with Crippen molar-refractivity contribution < 1.29 is 4.79 Å². The van der Waals surface area contributed by atoms with Crippen LogP contribution in [-0.2, 0) is 13.1 Å². The molecule has 1 aromatic heterocycles. The van der Waals surface area contributed by atoms with Crippen LogP contribution in [0.2, 0.25) is 10.3 Å². The second-order valence-electron chi connectivity index (χ2n) is 4.30. The van der Waals surface area contributed by atoms with Crippen LogP contribution in [0, 0.1) is 0 Å². The molecule has 2 aromatic rings. The van der Waals surface area contributed by atoms with Crippen molar-refractivity contribution >= 4 is 29.1 Å². The van der Waals surface area contributed by atoms with E-state index in [1.165, 1.54) is 6.07 Å². The van der Waals surface area contributed by atoms with Gasteiger partial charge >= 0.3 is 0 Å². The van der Waals surface area contributed by atoms with Crippen LogP contribution in [0.5, 0.6) is 0 Å². The Balaban J connectivity index is 1.89. The fourth-order valence-electron chi connectivity index (χ4n) is 2.15. The molecule has 1 aliphatic rings. The van der Waals surface area contributed by atoms with E-state index in [-0.39, 0.29) is 21.8 Å². The molecule has 0 fully saturated rings. The first-order valence-electron chi connectivity index (χ1n) is 5.70. The number of carbonyl (C=O) groups excluding carboxylic acids is 1. The Bertz CT molecular complexity index is 635. The fraction of sp³-hybridized carbons (Fsp3) is 0.154. The number of nitrogens with zero attached hydrogens (tertiary/aromatic N) is 3. The van der Waals surface area contributed by atoms with Gasteiger partial charge in [0.1, 0.15) is 0 Å². The zero-order chi connectivity index (χ0) is 13.4. The van der Waals surface area contributed by atoms with Crippen molar-refractivity contribution in [2.75, 3.05) is 0 Å². The van der Waals surface area contributed by atoms with E-state index in [0.29, 0.717) is 13.1 Å². The molecule has 0 aliphatic carbocycles. The van der Waals surface area contributed by atoms with Gasteiger partial charge in [-0.25, -0.2) is 0 Å². The maximum Gasteiger partial charge on any atom is 0.257 e. The number of halogens is 2. The highest BCUT2D eigenvalue weighted by molar-refractivity contribution is 6.34. The minimum absolute atomic E-state index is 0.0744. The predicted molar refractivity (Wildman–Crippen MR) is 72.1 cm³/mol. The standard InChI is InChI=1S/C13H9Cl2N3O/c14-11-5-10(12(15)17-16-11)13(19)18-6-8-3-1-2-4-9(8)7-18/h1-5H,6-7H2. The van der Waals surface area contributed by atoms with E-state index in [9.17, 15) is 4.79 Å². The van der Waals surface area contributed by atoms with Gasteiger partial charge in [0.2, 0.25) is 0 Å². The fourth-order valence-corrected chi connectivity index (χ4v) is 2.47. The molecular weight excluding hydrogens is 285 g/mol. The van der Waals surface area contributed by atoms with Crippen molar-refractivity contribution in [1.29, 1.82) is 0 Å². The quantitative estimate of drug-likeness (QED) is 0.812. The molecule has 2 heterocycles. The Kier molecular flexibility index (Phi) is 3.12. The zero-order valence-corrected chi connectivity index (χ0v) is 11.3. The Hall–Kier alpha value is -1.65. The lowest BCUT2D eigenvalue weighted by Gasteiger charge is -2.15. The summed E-state index contributed by atoms with van der Waals surface area (Å²) >= 11 is 11.7. The van der Waals surface area contributed by atoms with Crippen molar-refractivity contribution in [3.05, 3.63) is 57.3 Å². The van der Waals surface area contributed by atoms with Crippen LogP contribution in [0.15, 0.2) is 30.3 Å². The monoisotopic (exact) mass is 293 g/mol. The third-order valence-electron chi connectivity index (χ3n) is 3.08. The highest BCUT2D eigenvalue weighted by Gasteiger charge is 2.26. The smallest absolute Gasteiger partial charge is 0.257 e. The number of carbonyl (C=O) groups is 1. The summed E-state index contributed by atoms with van der Waals surface area (Å²) in [6.07, 6.45) is 0. The summed E-state index contributed by atoms with van der Waals surface area (Å²) in [5, 5.41) is 7.49. The number of rotatable bonds is 1. The number of fused-ring (bicyclic) bond motifs is 1. The van der Waals surface area contributed by atoms with Crippen LogP contribution < -0.4 is 0 Å². The first kappa shape index (κ1) is 12.4. The molecular formula is C13H9Cl2N3O. The van der Waals surface area contributed by atoms with E-state index in [1.807, 2.05) is 24.3 Å². The Morgan fingerprint density at radius 2 is 1.74 bits per heavy atom. The maximum atomic E-state index is 12.4. The number of hydrogen-bond acceptors (Lipinski definition) is 3. The van der Waals surface area contributed by atoms with Crippen molar-refractivity contribution in [2.45, 2.75) is 13.1 Å². The van der Waals surface area contributed by atoms with Gasteiger partial charge in [0.25, 0.3) is 5.91 Å². The Morgan fingerprint density at radius 1 is 1.11 bits per heavy atom. The maximum absolute atomic E-state index is 12.4. The van der Waals surface area contributed by atoms with E-state index >= 15 is 0 Å². The molecule has 0 saturated heterocycles. The highest BCUT2D eigenvalue weighted by Crippen LogP contribution is 2.26. The van der Waals surface area contributed by atoms with Gasteiger partial charge in [-0.15, -0.1) is 10.2 Å². The first-order chi connectivity index (χ1) is 9.15. The zero-order valence-electron chi connectivity index (χ0n) is 9.81. The van der Waals surface area contributed by atoms with Crippen LogP contribution in [0.25, 0.3) is 0 Å². The molecule has 0 saturated carbocycles. The van der Waals surface area contributed by atoms with Crippen LogP contribution in [-0.4, -0.2) is 21.0 Å². The molecule has 96 valence electrons. The minimum atomic E-state index is -0.182. The lowest BCUT2D eigenvalue weighted by atomic mass is 10.1. The van der Waals surface area contributed by atoms with Gasteiger partial charge in [-0.3, -0.25) is 4.79 Å². The van der Waals surface area contributed by atoms with Crippen LogP contribution >= 0.6 is 23.2 Å². The summed E-state index contributed by atoms with van der Waals surface area (Å²) in [5.41, 5.74) is 2.59. The summed E-state index contributed by atoms with van der Waals surface area (Å²) in [6.45, 7) is 1.15. The van der Waals surface area contributed by atoms with E-state index in [2.05, 4.69) is 10.2 Å². The van der Waals surface area contributed by atoms with Crippen LogP contribution in [0.1, 0.15) is 21.5 Å². The lowest BCUT2D eigenvalue weighted by Crippen LogP contribution is -2.26. The summed E-state index contributed by atoms with van der Waals surface area (Å²) in [4.78, 5) is 14.1. The summed E-state index contributed by atoms with van der Waals surface area (Å²) in [7, 11) is 0.